The van der Waals surface area contributed by atoms with Gasteiger partial charge in [0.25, 0.3) is 11.7 Å². The summed E-state index contributed by atoms with van der Waals surface area (Å²) >= 11 is 0. The molecule has 7 nitrogen and oxygen atoms in total. The molecule has 0 aromatic heterocycles. The SMILES string of the molecule is COc1ccc(C(O)=C2C(=O)C(=O)N(CCCN(C)C)[C@@H]2c2ccc(F)cc2)c(OC)c1. The van der Waals surface area contributed by atoms with Crippen LogP contribution in [0.3, 0.4) is 0 Å². The van der Waals surface area contributed by atoms with Gasteiger partial charge in [-0.15, -0.1) is 0 Å². The highest BCUT2D eigenvalue weighted by Crippen LogP contribution is 2.41. The number of hydrogen-bond donors (Lipinski definition) is 1. The van der Waals surface area contributed by atoms with Gasteiger partial charge >= 0.3 is 0 Å². The molecule has 0 unspecified atom stereocenters. The summed E-state index contributed by atoms with van der Waals surface area (Å²) in [4.78, 5) is 29.4. The molecule has 1 N–H and O–H groups in total. The normalized spacial score (nSPS) is 17.8. The van der Waals surface area contributed by atoms with Gasteiger partial charge in [0.05, 0.1) is 31.4 Å². The number of halogens is 1. The minimum absolute atomic E-state index is 0.0603. The average molecular weight is 442 g/mol. The van der Waals surface area contributed by atoms with Gasteiger partial charge < -0.3 is 24.4 Å². The number of rotatable bonds is 8. The number of aliphatic hydroxyl groups is 1. The van der Waals surface area contributed by atoms with Crippen LogP contribution in [0.25, 0.3) is 5.76 Å². The Morgan fingerprint density at radius 1 is 1.09 bits per heavy atom. The smallest absolute Gasteiger partial charge is 0.295 e. The van der Waals surface area contributed by atoms with Gasteiger partial charge in [-0.1, -0.05) is 12.1 Å². The maximum absolute atomic E-state index is 13.6. The Labute approximate surface area is 186 Å². The van der Waals surface area contributed by atoms with E-state index in [2.05, 4.69) is 0 Å². The zero-order valence-electron chi connectivity index (χ0n) is 18.6. The molecule has 1 amide bonds. The van der Waals surface area contributed by atoms with Gasteiger partial charge in [0.1, 0.15) is 23.1 Å². The lowest BCUT2D eigenvalue weighted by molar-refractivity contribution is -0.139. The van der Waals surface area contributed by atoms with Crippen molar-refractivity contribution >= 4 is 17.4 Å². The quantitative estimate of drug-likeness (QED) is 0.384. The Balaban J connectivity index is 2.13. The maximum atomic E-state index is 13.6. The third kappa shape index (κ3) is 4.60. The number of amides is 1. The number of ether oxygens (including phenoxy) is 2. The first-order valence-corrected chi connectivity index (χ1v) is 10.2. The standard InChI is InChI=1S/C24H27FN2O5/c1-26(2)12-5-13-27-21(15-6-8-16(25)9-7-15)20(23(29)24(27)30)22(28)18-11-10-17(31-3)14-19(18)32-4/h6-11,14,21,28H,5,12-13H2,1-4H3/t21-/m1/s1. The monoisotopic (exact) mass is 442 g/mol. The van der Waals surface area contributed by atoms with Gasteiger partial charge in [-0.2, -0.15) is 0 Å². The van der Waals surface area contributed by atoms with E-state index in [0.29, 0.717) is 36.6 Å². The predicted octanol–water partition coefficient (Wildman–Crippen LogP) is 3.22. The van der Waals surface area contributed by atoms with Crippen molar-refractivity contribution in [1.29, 1.82) is 0 Å². The first-order chi connectivity index (χ1) is 15.3. The number of carbonyl (C=O) groups is 2. The first-order valence-electron chi connectivity index (χ1n) is 10.2. The average Bonchev–Trinajstić information content (AvgIpc) is 3.03. The largest absolute Gasteiger partial charge is 0.507 e. The zero-order chi connectivity index (χ0) is 23.4. The van der Waals surface area contributed by atoms with Crippen LogP contribution < -0.4 is 9.47 Å². The van der Waals surface area contributed by atoms with Crippen molar-refractivity contribution in [1.82, 2.24) is 9.80 Å². The van der Waals surface area contributed by atoms with Gasteiger partial charge in [0, 0.05) is 12.6 Å². The van der Waals surface area contributed by atoms with E-state index in [1.807, 2.05) is 19.0 Å². The summed E-state index contributed by atoms with van der Waals surface area (Å²) in [6, 6.07) is 9.49. The molecule has 0 saturated carbocycles. The highest BCUT2D eigenvalue weighted by Gasteiger charge is 2.46. The number of ketones is 1. The van der Waals surface area contributed by atoms with E-state index >= 15 is 0 Å². The van der Waals surface area contributed by atoms with E-state index in [1.165, 1.54) is 43.4 Å². The molecule has 1 saturated heterocycles. The number of carbonyl (C=O) groups excluding carboxylic acids is 2. The second kappa shape index (κ2) is 9.82. The number of aliphatic hydroxyl groups excluding tert-OH is 1. The highest BCUT2D eigenvalue weighted by molar-refractivity contribution is 6.46. The van der Waals surface area contributed by atoms with Crippen LogP contribution in [0, 0.1) is 5.82 Å². The maximum Gasteiger partial charge on any atom is 0.295 e. The summed E-state index contributed by atoms with van der Waals surface area (Å²) in [7, 11) is 6.77. The van der Waals surface area contributed by atoms with E-state index in [1.54, 1.807) is 18.2 Å². The number of methoxy groups -OCH3 is 2. The summed E-state index contributed by atoms with van der Waals surface area (Å²) in [6.45, 7) is 1.02. The molecule has 2 aromatic rings. The zero-order valence-corrected chi connectivity index (χ0v) is 18.6. The van der Waals surface area contributed by atoms with Crippen LogP contribution in [0.5, 0.6) is 11.5 Å². The summed E-state index contributed by atoms with van der Waals surface area (Å²) in [5, 5.41) is 11.2. The highest BCUT2D eigenvalue weighted by atomic mass is 19.1. The molecular formula is C24H27FN2O5. The van der Waals surface area contributed by atoms with E-state index in [0.717, 1.165) is 0 Å². The summed E-state index contributed by atoms with van der Waals surface area (Å²) < 4.78 is 24.1. The summed E-state index contributed by atoms with van der Waals surface area (Å²) in [6.07, 6.45) is 0.629. The molecule has 1 fully saturated rings. The van der Waals surface area contributed by atoms with Crippen molar-refractivity contribution in [3.63, 3.8) is 0 Å². The molecule has 1 aliphatic heterocycles. The van der Waals surface area contributed by atoms with Crippen molar-refractivity contribution in [2.45, 2.75) is 12.5 Å². The van der Waals surface area contributed by atoms with Crippen molar-refractivity contribution in [3.8, 4) is 11.5 Å². The fourth-order valence-electron chi connectivity index (χ4n) is 3.80. The van der Waals surface area contributed by atoms with Crippen LogP contribution in [0.4, 0.5) is 4.39 Å². The fourth-order valence-corrected chi connectivity index (χ4v) is 3.80. The second-order valence-electron chi connectivity index (χ2n) is 7.77. The molecule has 0 aliphatic carbocycles. The van der Waals surface area contributed by atoms with Crippen LogP contribution >= 0.6 is 0 Å². The van der Waals surface area contributed by atoms with Crippen molar-refractivity contribution in [2.24, 2.45) is 0 Å². The van der Waals surface area contributed by atoms with E-state index in [-0.39, 0.29) is 16.9 Å². The van der Waals surface area contributed by atoms with Gasteiger partial charge in [-0.25, -0.2) is 4.39 Å². The van der Waals surface area contributed by atoms with Gasteiger partial charge in [0.2, 0.25) is 0 Å². The number of nitrogens with zero attached hydrogens (tertiary/aromatic N) is 2. The van der Waals surface area contributed by atoms with E-state index in [4.69, 9.17) is 9.47 Å². The number of likely N-dealkylation sites (tertiary alicyclic amines) is 1. The Kier molecular flexibility index (Phi) is 7.15. The van der Waals surface area contributed by atoms with E-state index < -0.39 is 23.5 Å². The lowest BCUT2D eigenvalue weighted by Gasteiger charge is -2.26. The molecule has 1 heterocycles. The molecular weight excluding hydrogens is 415 g/mol. The van der Waals surface area contributed by atoms with E-state index in [9.17, 15) is 19.1 Å². The molecule has 170 valence electrons. The molecule has 8 heteroatoms. The van der Waals surface area contributed by atoms with Crippen molar-refractivity contribution in [2.75, 3.05) is 41.4 Å². The molecule has 1 atom stereocenters. The number of hydrogen-bond acceptors (Lipinski definition) is 6. The molecule has 3 rings (SSSR count). The third-order valence-electron chi connectivity index (χ3n) is 5.39. The summed E-state index contributed by atoms with van der Waals surface area (Å²) in [5.41, 5.74) is 0.728. The number of benzene rings is 2. The van der Waals surface area contributed by atoms with Crippen LogP contribution in [0.15, 0.2) is 48.0 Å². The molecule has 1 aliphatic rings. The van der Waals surface area contributed by atoms with Crippen molar-refractivity contribution in [3.05, 3.63) is 65.0 Å². The second-order valence-corrected chi connectivity index (χ2v) is 7.77. The van der Waals surface area contributed by atoms with Crippen LogP contribution in [-0.2, 0) is 9.59 Å². The lowest BCUT2D eigenvalue weighted by Crippen LogP contribution is -2.32. The third-order valence-corrected chi connectivity index (χ3v) is 5.39. The van der Waals surface area contributed by atoms with Crippen molar-refractivity contribution < 1.29 is 28.6 Å². The Morgan fingerprint density at radius 2 is 1.78 bits per heavy atom. The van der Waals surface area contributed by atoms with Crippen LogP contribution in [0.1, 0.15) is 23.6 Å². The Morgan fingerprint density at radius 3 is 2.38 bits per heavy atom. The Hall–Kier alpha value is -3.39. The Bertz CT molecular complexity index is 1030. The molecule has 2 aromatic carbocycles. The van der Waals surface area contributed by atoms with Crippen LogP contribution in [-0.4, -0.2) is 68.0 Å². The topological polar surface area (TPSA) is 79.3 Å². The molecule has 0 spiro atoms. The van der Waals surface area contributed by atoms with Gasteiger partial charge in [-0.3, -0.25) is 9.59 Å². The van der Waals surface area contributed by atoms with Gasteiger partial charge in [-0.05, 0) is 56.9 Å². The minimum Gasteiger partial charge on any atom is -0.507 e. The fraction of sp³-hybridized carbons (Fsp3) is 0.333. The van der Waals surface area contributed by atoms with Crippen LogP contribution in [0.2, 0.25) is 0 Å². The molecule has 0 radical (unpaired) electrons. The molecule has 32 heavy (non-hydrogen) atoms. The first kappa shape index (κ1) is 23.3. The minimum atomic E-state index is -0.843. The lowest BCUT2D eigenvalue weighted by atomic mass is 9.95. The number of Topliss-reactive ketones (excluding diaryl/α,β-unsaturated/α-hetero) is 1. The molecule has 0 bridgehead atoms. The predicted molar refractivity (Wildman–Crippen MR) is 118 cm³/mol. The summed E-state index contributed by atoms with van der Waals surface area (Å²) in [5.74, 6) is -1.48. The van der Waals surface area contributed by atoms with Gasteiger partial charge in [0.15, 0.2) is 0 Å².